The molecule has 0 bridgehead atoms. The van der Waals surface area contributed by atoms with E-state index < -0.39 is 11.9 Å². The molecule has 0 radical (unpaired) electrons. The Morgan fingerprint density at radius 1 is 1.22 bits per heavy atom. The SMILES string of the molecule is Cc1ccc(-c2ccc(Oc3nn[nH]c3C(=O)O)cc2)c(F)n1. The van der Waals surface area contributed by atoms with Crippen molar-refractivity contribution in [1.29, 1.82) is 0 Å². The van der Waals surface area contributed by atoms with Crippen LogP contribution < -0.4 is 4.74 Å². The third kappa shape index (κ3) is 3.00. The maximum atomic E-state index is 13.9. The predicted molar refractivity (Wildman–Crippen MR) is 77.8 cm³/mol. The van der Waals surface area contributed by atoms with Crippen LogP contribution in [0, 0.1) is 12.9 Å². The van der Waals surface area contributed by atoms with Crippen LogP contribution in [-0.2, 0) is 0 Å². The molecular weight excluding hydrogens is 303 g/mol. The first kappa shape index (κ1) is 14.6. The fourth-order valence-corrected chi connectivity index (χ4v) is 1.98. The van der Waals surface area contributed by atoms with Gasteiger partial charge in [-0.15, -0.1) is 0 Å². The second kappa shape index (κ2) is 5.84. The van der Waals surface area contributed by atoms with Gasteiger partial charge in [0.05, 0.1) is 0 Å². The maximum absolute atomic E-state index is 13.9. The molecule has 116 valence electrons. The van der Waals surface area contributed by atoms with E-state index in [2.05, 4.69) is 20.4 Å². The van der Waals surface area contributed by atoms with Crippen molar-refractivity contribution in [2.45, 2.75) is 6.92 Å². The molecule has 0 aliphatic rings. The Kier molecular flexibility index (Phi) is 3.71. The lowest BCUT2D eigenvalue weighted by molar-refractivity contribution is 0.0687. The van der Waals surface area contributed by atoms with Gasteiger partial charge in [-0.25, -0.2) is 14.9 Å². The Balaban J connectivity index is 1.85. The Hall–Kier alpha value is -3.29. The molecule has 0 saturated carbocycles. The number of carboxylic acid groups (broad SMARTS) is 1. The van der Waals surface area contributed by atoms with E-state index in [1.54, 1.807) is 43.3 Å². The largest absolute Gasteiger partial charge is 0.476 e. The molecule has 0 atom stereocenters. The van der Waals surface area contributed by atoms with Gasteiger partial charge in [0.25, 0.3) is 5.88 Å². The number of hydrogen-bond donors (Lipinski definition) is 2. The molecule has 0 aliphatic heterocycles. The Labute approximate surface area is 129 Å². The molecule has 2 N–H and O–H groups in total. The third-order valence-electron chi connectivity index (χ3n) is 3.10. The number of nitrogens with one attached hydrogen (secondary N) is 1. The van der Waals surface area contributed by atoms with Gasteiger partial charge in [-0.1, -0.05) is 22.4 Å². The number of aryl methyl sites for hydroxylation is 1. The van der Waals surface area contributed by atoms with Crippen molar-refractivity contribution in [3.63, 3.8) is 0 Å². The standard InChI is InChI=1S/C15H11FN4O3/c1-8-2-7-11(13(16)17-8)9-3-5-10(6-4-9)23-14-12(15(21)22)18-20-19-14/h2-7H,1H3,(H,21,22)(H,18,19,20). The molecule has 0 fully saturated rings. The number of halogens is 1. The zero-order valence-electron chi connectivity index (χ0n) is 11.9. The van der Waals surface area contributed by atoms with Crippen molar-refractivity contribution >= 4 is 5.97 Å². The van der Waals surface area contributed by atoms with Gasteiger partial charge in [-0.3, -0.25) is 0 Å². The van der Waals surface area contributed by atoms with Gasteiger partial charge in [-0.2, -0.15) is 4.39 Å². The normalized spacial score (nSPS) is 10.5. The first-order chi connectivity index (χ1) is 11.0. The van der Waals surface area contributed by atoms with Crippen LogP contribution in [0.4, 0.5) is 4.39 Å². The summed E-state index contributed by atoms with van der Waals surface area (Å²) in [6.45, 7) is 1.71. The van der Waals surface area contributed by atoms with Crippen LogP contribution in [0.25, 0.3) is 11.1 Å². The average Bonchev–Trinajstić information content (AvgIpc) is 2.97. The van der Waals surface area contributed by atoms with Crippen LogP contribution in [0.5, 0.6) is 11.6 Å². The first-order valence-corrected chi connectivity index (χ1v) is 6.60. The molecule has 23 heavy (non-hydrogen) atoms. The molecule has 0 amide bonds. The quantitative estimate of drug-likeness (QED) is 0.718. The van der Waals surface area contributed by atoms with E-state index in [1.165, 1.54) is 0 Å². The summed E-state index contributed by atoms with van der Waals surface area (Å²) in [5, 5.41) is 18.1. The third-order valence-corrected chi connectivity index (χ3v) is 3.10. The molecule has 0 unspecified atom stereocenters. The van der Waals surface area contributed by atoms with Gasteiger partial charge < -0.3 is 9.84 Å². The number of benzene rings is 1. The van der Waals surface area contributed by atoms with E-state index in [4.69, 9.17) is 9.84 Å². The number of hydrogen-bond acceptors (Lipinski definition) is 5. The van der Waals surface area contributed by atoms with Crippen molar-refractivity contribution in [2.75, 3.05) is 0 Å². The molecule has 1 aromatic carbocycles. The molecule has 3 rings (SSSR count). The summed E-state index contributed by atoms with van der Waals surface area (Å²) in [5.74, 6) is -1.57. The summed E-state index contributed by atoms with van der Waals surface area (Å²) >= 11 is 0. The number of rotatable bonds is 4. The second-order valence-corrected chi connectivity index (χ2v) is 4.71. The Morgan fingerprint density at radius 3 is 2.61 bits per heavy atom. The Morgan fingerprint density at radius 2 is 1.96 bits per heavy atom. The lowest BCUT2D eigenvalue weighted by atomic mass is 10.1. The summed E-state index contributed by atoms with van der Waals surface area (Å²) in [5.41, 5.74) is 1.34. The number of aromatic amines is 1. The van der Waals surface area contributed by atoms with E-state index in [9.17, 15) is 9.18 Å². The topological polar surface area (TPSA) is 101 Å². The van der Waals surface area contributed by atoms with Crippen molar-refractivity contribution in [2.24, 2.45) is 0 Å². The number of aromatic carboxylic acids is 1. The van der Waals surface area contributed by atoms with Gasteiger partial charge in [-0.05, 0) is 36.8 Å². The minimum absolute atomic E-state index is 0.145. The highest BCUT2D eigenvalue weighted by Gasteiger charge is 2.16. The number of aromatic nitrogens is 4. The van der Waals surface area contributed by atoms with E-state index in [0.717, 1.165) is 0 Å². The number of carbonyl (C=O) groups is 1. The summed E-state index contributed by atoms with van der Waals surface area (Å²) < 4.78 is 19.2. The number of carboxylic acids is 1. The van der Waals surface area contributed by atoms with E-state index >= 15 is 0 Å². The zero-order chi connectivity index (χ0) is 16.4. The number of H-pyrrole nitrogens is 1. The molecule has 0 spiro atoms. The molecule has 7 nitrogen and oxygen atoms in total. The second-order valence-electron chi connectivity index (χ2n) is 4.71. The van der Waals surface area contributed by atoms with Crippen LogP contribution in [0.3, 0.4) is 0 Å². The van der Waals surface area contributed by atoms with Crippen LogP contribution in [0.2, 0.25) is 0 Å². The smallest absolute Gasteiger partial charge is 0.359 e. The van der Waals surface area contributed by atoms with E-state index in [0.29, 0.717) is 22.6 Å². The highest BCUT2D eigenvalue weighted by atomic mass is 19.1. The molecular formula is C15H11FN4O3. The zero-order valence-corrected chi connectivity index (χ0v) is 11.9. The first-order valence-electron chi connectivity index (χ1n) is 6.60. The summed E-state index contributed by atoms with van der Waals surface area (Å²) in [6.07, 6.45) is 0. The Bertz CT molecular complexity index is 861. The minimum Gasteiger partial charge on any atom is -0.476 e. The molecule has 2 aromatic heterocycles. The van der Waals surface area contributed by atoms with Crippen molar-refractivity contribution in [3.05, 3.63) is 53.7 Å². The maximum Gasteiger partial charge on any atom is 0.359 e. The molecule has 0 saturated heterocycles. The summed E-state index contributed by atoms with van der Waals surface area (Å²) in [7, 11) is 0. The minimum atomic E-state index is -1.23. The highest BCUT2D eigenvalue weighted by Crippen LogP contribution is 2.27. The number of nitrogens with zero attached hydrogens (tertiary/aromatic N) is 3. The van der Waals surface area contributed by atoms with E-state index in [-0.39, 0.29) is 11.6 Å². The van der Waals surface area contributed by atoms with Crippen LogP contribution in [0.15, 0.2) is 36.4 Å². The highest BCUT2D eigenvalue weighted by molar-refractivity contribution is 5.87. The van der Waals surface area contributed by atoms with Gasteiger partial charge in [0.1, 0.15) is 5.75 Å². The van der Waals surface area contributed by atoms with Gasteiger partial charge >= 0.3 is 5.97 Å². The summed E-state index contributed by atoms with van der Waals surface area (Å²) in [4.78, 5) is 14.7. The molecule has 2 heterocycles. The molecule has 0 aliphatic carbocycles. The fraction of sp³-hybridized carbons (Fsp3) is 0.0667. The molecule has 8 heteroatoms. The average molecular weight is 314 g/mol. The van der Waals surface area contributed by atoms with Crippen molar-refractivity contribution in [1.82, 2.24) is 20.4 Å². The lowest BCUT2D eigenvalue weighted by Crippen LogP contribution is -1.99. The lowest BCUT2D eigenvalue weighted by Gasteiger charge is -2.06. The van der Waals surface area contributed by atoms with Crippen LogP contribution >= 0.6 is 0 Å². The van der Waals surface area contributed by atoms with Crippen molar-refractivity contribution < 1.29 is 19.0 Å². The fourth-order valence-electron chi connectivity index (χ4n) is 1.98. The monoisotopic (exact) mass is 314 g/mol. The number of ether oxygens (including phenoxy) is 1. The van der Waals surface area contributed by atoms with Gasteiger partial charge in [0, 0.05) is 11.3 Å². The van der Waals surface area contributed by atoms with Crippen LogP contribution in [-0.4, -0.2) is 31.5 Å². The van der Waals surface area contributed by atoms with Gasteiger partial charge in [0.2, 0.25) is 11.6 Å². The van der Waals surface area contributed by atoms with E-state index in [1.807, 2.05) is 0 Å². The van der Waals surface area contributed by atoms with Crippen LogP contribution in [0.1, 0.15) is 16.2 Å². The molecule has 3 aromatic rings. The summed E-state index contributed by atoms with van der Waals surface area (Å²) in [6, 6.07) is 9.81. The predicted octanol–water partition coefficient (Wildman–Crippen LogP) is 2.80. The van der Waals surface area contributed by atoms with Crippen molar-refractivity contribution in [3.8, 4) is 22.8 Å². The van der Waals surface area contributed by atoms with Gasteiger partial charge in [0.15, 0.2) is 0 Å². The number of pyridine rings is 1.